The number of carboxylic acids is 1. The van der Waals surface area contributed by atoms with Crippen LogP contribution in [0.5, 0.6) is 0 Å². The summed E-state index contributed by atoms with van der Waals surface area (Å²) in [7, 11) is 0. The molecule has 1 fully saturated rings. The Morgan fingerprint density at radius 1 is 1.40 bits per heavy atom. The normalized spacial score (nSPS) is 22.6. The SMILES string of the molecule is CC1CN(c2cc([N+](=O)[O-])ccc2C(=O)O)CC(C)S1. The number of hydrogen-bond donors (Lipinski definition) is 1. The molecule has 0 spiro atoms. The smallest absolute Gasteiger partial charge is 0.337 e. The summed E-state index contributed by atoms with van der Waals surface area (Å²) in [6.45, 7) is 5.53. The molecular formula is C13H16N2O4S. The second kappa shape index (κ2) is 5.70. The Hall–Kier alpha value is -1.76. The monoisotopic (exact) mass is 296 g/mol. The third kappa shape index (κ3) is 3.04. The van der Waals surface area contributed by atoms with Crippen LogP contribution in [0.2, 0.25) is 0 Å². The van der Waals surface area contributed by atoms with E-state index in [2.05, 4.69) is 13.8 Å². The molecule has 1 N–H and O–H groups in total. The van der Waals surface area contributed by atoms with Gasteiger partial charge in [-0.25, -0.2) is 4.79 Å². The van der Waals surface area contributed by atoms with Gasteiger partial charge in [0.05, 0.1) is 16.2 Å². The second-order valence-corrected chi connectivity index (χ2v) is 6.81. The first-order valence-electron chi connectivity index (χ1n) is 6.30. The van der Waals surface area contributed by atoms with E-state index in [-0.39, 0.29) is 11.3 Å². The third-order valence-electron chi connectivity index (χ3n) is 3.18. The predicted octanol–water partition coefficient (Wildman–Crippen LogP) is 2.62. The molecule has 2 unspecified atom stereocenters. The summed E-state index contributed by atoms with van der Waals surface area (Å²) in [5.74, 6) is -1.06. The summed E-state index contributed by atoms with van der Waals surface area (Å²) in [5, 5.41) is 20.9. The van der Waals surface area contributed by atoms with Gasteiger partial charge in [0, 0.05) is 35.7 Å². The zero-order chi connectivity index (χ0) is 14.9. The maximum absolute atomic E-state index is 11.3. The first-order valence-corrected chi connectivity index (χ1v) is 7.25. The summed E-state index contributed by atoms with van der Waals surface area (Å²) in [6, 6.07) is 3.91. The molecule has 7 heteroatoms. The molecule has 1 aliphatic heterocycles. The van der Waals surface area contributed by atoms with Crippen LogP contribution in [0, 0.1) is 10.1 Å². The molecule has 1 heterocycles. The van der Waals surface area contributed by atoms with Crippen LogP contribution >= 0.6 is 11.8 Å². The van der Waals surface area contributed by atoms with E-state index >= 15 is 0 Å². The highest BCUT2D eigenvalue weighted by Crippen LogP contribution is 2.32. The Bertz CT molecular complexity index is 539. The van der Waals surface area contributed by atoms with E-state index in [1.807, 2.05) is 16.7 Å². The first-order chi connectivity index (χ1) is 9.38. The largest absolute Gasteiger partial charge is 0.478 e. The van der Waals surface area contributed by atoms with E-state index in [9.17, 15) is 20.0 Å². The van der Waals surface area contributed by atoms with Crippen LogP contribution in [0.3, 0.4) is 0 Å². The van der Waals surface area contributed by atoms with Crippen molar-refractivity contribution in [2.24, 2.45) is 0 Å². The highest BCUT2D eigenvalue weighted by Gasteiger charge is 2.27. The van der Waals surface area contributed by atoms with Crippen LogP contribution in [-0.4, -0.2) is 39.6 Å². The van der Waals surface area contributed by atoms with Gasteiger partial charge in [0.25, 0.3) is 5.69 Å². The number of anilines is 1. The van der Waals surface area contributed by atoms with Gasteiger partial charge in [-0.3, -0.25) is 10.1 Å². The molecule has 0 amide bonds. The van der Waals surface area contributed by atoms with Gasteiger partial charge in [0.2, 0.25) is 0 Å². The minimum Gasteiger partial charge on any atom is -0.478 e. The Morgan fingerprint density at radius 2 is 2.00 bits per heavy atom. The summed E-state index contributed by atoms with van der Waals surface area (Å²) in [4.78, 5) is 23.6. The van der Waals surface area contributed by atoms with Gasteiger partial charge < -0.3 is 10.0 Å². The number of aromatic carboxylic acids is 1. The Kier molecular flexibility index (Phi) is 4.17. The zero-order valence-electron chi connectivity index (χ0n) is 11.3. The fraction of sp³-hybridized carbons (Fsp3) is 0.462. The number of benzene rings is 1. The number of non-ortho nitro benzene ring substituents is 1. The number of thioether (sulfide) groups is 1. The number of rotatable bonds is 3. The molecule has 1 saturated heterocycles. The van der Waals surface area contributed by atoms with Crippen molar-refractivity contribution in [3.63, 3.8) is 0 Å². The zero-order valence-corrected chi connectivity index (χ0v) is 12.1. The number of nitrogens with zero attached hydrogens (tertiary/aromatic N) is 2. The van der Waals surface area contributed by atoms with Crippen LogP contribution in [-0.2, 0) is 0 Å². The molecule has 1 aromatic carbocycles. The van der Waals surface area contributed by atoms with Gasteiger partial charge in [-0.1, -0.05) is 13.8 Å². The molecule has 0 radical (unpaired) electrons. The lowest BCUT2D eigenvalue weighted by Crippen LogP contribution is -2.41. The minimum absolute atomic E-state index is 0.0801. The van der Waals surface area contributed by atoms with E-state index in [1.165, 1.54) is 18.2 Å². The number of hydrogen-bond acceptors (Lipinski definition) is 5. The molecule has 2 atom stereocenters. The van der Waals surface area contributed by atoms with Crippen LogP contribution in [0.15, 0.2) is 18.2 Å². The van der Waals surface area contributed by atoms with Crippen molar-refractivity contribution in [2.75, 3.05) is 18.0 Å². The van der Waals surface area contributed by atoms with Gasteiger partial charge in [0.1, 0.15) is 0 Å². The van der Waals surface area contributed by atoms with E-state index < -0.39 is 10.9 Å². The molecule has 0 aromatic heterocycles. The van der Waals surface area contributed by atoms with Gasteiger partial charge in [-0.05, 0) is 6.07 Å². The maximum atomic E-state index is 11.3. The van der Waals surface area contributed by atoms with Crippen LogP contribution in [0.4, 0.5) is 11.4 Å². The topological polar surface area (TPSA) is 83.7 Å². The molecule has 0 aliphatic carbocycles. The standard InChI is InChI=1S/C13H16N2O4S/c1-8-6-14(7-9(2)20-8)12-5-10(15(18)19)3-4-11(12)13(16)17/h3-5,8-9H,6-7H2,1-2H3,(H,16,17). The highest BCUT2D eigenvalue weighted by atomic mass is 32.2. The van der Waals surface area contributed by atoms with Gasteiger partial charge >= 0.3 is 5.97 Å². The van der Waals surface area contributed by atoms with Crippen molar-refractivity contribution >= 4 is 29.1 Å². The average Bonchev–Trinajstić information content (AvgIpc) is 2.36. The fourth-order valence-corrected chi connectivity index (χ4v) is 3.78. The molecule has 6 nitrogen and oxygen atoms in total. The maximum Gasteiger partial charge on any atom is 0.337 e. The Morgan fingerprint density at radius 3 is 2.50 bits per heavy atom. The Labute approximate surface area is 120 Å². The molecule has 20 heavy (non-hydrogen) atoms. The number of nitro groups is 1. The van der Waals surface area contributed by atoms with Crippen molar-refractivity contribution in [3.05, 3.63) is 33.9 Å². The van der Waals surface area contributed by atoms with Crippen LogP contribution in [0.25, 0.3) is 0 Å². The van der Waals surface area contributed by atoms with Gasteiger partial charge in [-0.2, -0.15) is 11.8 Å². The summed E-state index contributed by atoms with van der Waals surface area (Å²) < 4.78 is 0. The number of nitro benzene ring substituents is 1. The molecule has 1 aliphatic rings. The number of carbonyl (C=O) groups is 1. The van der Waals surface area contributed by atoms with Gasteiger partial charge in [-0.15, -0.1) is 0 Å². The lowest BCUT2D eigenvalue weighted by atomic mass is 10.1. The molecule has 0 bridgehead atoms. The van der Waals surface area contributed by atoms with Gasteiger partial charge in [0.15, 0.2) is 0 Å². The quantitative estimate of drug-likeness (QED) is 0.682. The summed E-state index contributed by atoms with van der Waals surface area (Å²) in [5.41, 5.74) is 0.469. The molecule has 1 aromatic rings. The first kappa shape index (κ1) is 14.6. The molecule has 0 saturated carbocycles. The molecular weight excluding hydrogens is 280 g/mol. The predicted molar refractivity (Wildman–Crippen MR) is 78.8 cm³/mol. The highest BCUT2D eigenvalue weighted by molar-refractivity contribution is 8.00. The molecule has 2 rings (SSSR count). The fourth-order valence-electron chi connectivity index (χ4n) is 2.45. The van der Waals surface area contributed by atoms with Crippen LogP contribution in [0.1, 0.15) is 24.2 Å². The van der Waals surface area contributed by atoms with E-state index in [0.717, 1.165) is 0 Å². The van der Waals surface area contributed by atoms with Crippen molar-refractivity contribution in [2.45, 2.75) is 24.3 Å². The third-order valence-corrected chi connectivity index (χ3v) is 4.41. The molecule has 108 valence electrons. The van der Waals surface area contributed by atoms with Crippen molar-refractivity contribution in [1.82, 2.24) is 0 Å². The van der Waals surface area contributed by atoms with Crippen molar-refractivity contribution in [1.29, 1.82) is 0 Å². The van der Waals surface area contributed by atoms with Crippen molar-refractivity contribution < 1.29 is 14.8 Å². The average molecular weight is 296 g/mol. The summed E-state index contributed by atoms with van der Waals surface area (Å²) in [6.07, 6.45) is 0. The van der Waals surface area contributed by atoms with E-state index in [1.54, 1.807) is 0 Å². The second-order valence-electron chi connectivity index (χ2n) is 4.93. The minimum atomic E-state index is -1.06. The van der Waals surface area contributed by atoms with E-state index in [4.69, 9.17) is 0 Å². The van der Waals surface area contributed by atoms with Crippen molar-refractivity contribution in [3.8, 4) is 0 Å². The number of carboxylic acid groups (broad SMARTS) is 1. The Balaban J connectivity index is 2.43. The lowest BCUT2D eigenvalue weighted by Gasteiger charge is -2.36. The van der Waals surface area contributed by atoms with Crippen LogP contribution < -0.4 is 4.90 Å². The van der Waals surface area contributed by atoms with E-state index in [0.29, 0.717) is 29.3 Å². The summed E-state index contributed by atoms with van der Waals surface area (Å²) >= 11 is 1.84. The lowest BCUT2D eigenvalue weighted by molar-refractivity contribution is -0.384.